The number of hydrogen-bond donors (Lipinski definition) is 2. The van der Waals surface area contributed by atoms with E-state index in [0.29, 0.717) is 33.2 Å². The van der Waals surface area contributed by atoms with Gasteiger partial charge in [-0.1, -0.05) is 23.2 Å². The molecule has 0 spiro atoms. The van der Waals surface area contributed by atoms with E-state index < -0.39 is 0 Å². The maximum atomic E-state index is 6.33. The van der Waals surface area contributed by atoms with E-state index in [0.717, 1.165) is 40.7 Å². The van der Waals surface area contributed by atoms with Crippen LogP contribution in [0.2, 0.25) is 10.0 Å². The minimum absolute atomic E-state index is 0.364. The van der Waals surface area contributed by atoms with Crippen molar-refractivity contribution in [1.82, 2.24) is 30.0 Å². The van der Waals surface area contributed by atoms with E-state index in [2.05, 4.69) is 62.3 Å². The van der Waals surface area contributed by atoms with Gasteiger partial charge in [0, 0.05) is 42.1 Å². The van der Waals surface area contributed by atoms with E-state index in [9.17, 15) is 0 Å². The molecule has 0 bridgehead atoms. The standard InChI is InChI=1S/C28H29Cl2N7O/c1-16(26-21(29)14-31-15-22(26)30)38-19-5-7-23-20(13-19)27(35-34-23)28-32-24-6-4-18(12-25(24)33-28)37(3)17-8-10-36(2)11-9-17/h4-7,12-17H,8-11H2,1-3H3,(H,32,33)(H,34,35). The average Bonchev–Trinajstić information content (AvgIpc) is 3.52. The van der Waals surface area contributed by atoms with Gasteiger partial charge in [0.05, 0.1) is 26.6 Å². The number of aromatic nitrogens is 5. The maximum absolute atomic E-state index is 6.33. The van der Waals surface area contributed by atoms with Crippen molar-refractivity contribution in [2.75, 3.05) is 32.1 Å². The van der Waals surface area contributed by atoms with Gasteiger partial charge in [-0.15, -0.1) is 0 Å². The van der Waals surface area contributed by atoms with E-state index in [1.165, 1.54) is 18.5 Å². The van der Waals surface area contributed by atoms with Gasteiger partial charge in [0.25, 0.3) is 0 Å². The third-order valence-corrected chi connectivity index (χ3v) is 8.08. The highest BCUT2D eigenvalue weighted by atomic mass is 35.5. The first-order valence-corrected chi connectivity index (χ1v) is 13.5. The van der Waals surface area contributed by atoms with Crippen LogP contribution in [-0.4, -0.2) is 63.3 Å². The number of imidazole rings is 1. The van der Waals surface area contributed by atoms with Gasteiger partial charge in [0.1, 0.15) is 17.5 Å². The Bertz CT molecular complexity index is 1590. The molecule has 0 radical (unpaired) electrons. The Morgan fingerprint density at radius 3 is 2.58 bits per heavy atom. The van der Waals surface area contributed by atoms with Gasteiger partial charge in [-0.05, 0) is 76.3 Å². The lowest BCUT2D eigenvalue weighted by Gasteiger charge is -2.36. The highest BCUT2D eigenvalue weighted by Gasteiger charge is 2.22. The summed E-state index contributed by atoms with van der Waals surface area (Å²) in [6.07, 6.45) is 5.11. The highest BCUT2D eigenvalue weighted by Crippen LogP contribution is 2.35. The summed E-state index contributed by atoms with van der Waals surface area (Å²) in [6, 6.07) is 12.7. The molecule has 0 saturated carbocycles. The van der Waals surface area contributed by atoms with Crippen LogP contribution >= 0.6 is 23.2 Å². The number of piperidine rings is 1. The second-order valence-corrected chi connectivity index (χ2v) is 10.8. The number of fused-ring (bicyclic) bond motifs is 2. The largest absolute Gasteiger partial charge is 0.486 e. The van der Waals surface area contributed by atoms with E-state index in [-0.39, 0.29) is 6.10 Å². The third kappa shape index (κ3) is 4.68. The number of nitrogens with zero attached hydrogens (tertiary/aromatic N) is 5. The smallest absolute Gasteiger partial charge is 0.159 e. The molecule has 1 aliphatic rings. The molecule has 2 N–H and O–H groups in total. The average molecular weight is 550 g/mol. The molecule has 1 fully saturated rings. The summed E-state index contributed by atoms with van der Waals surface area (Å²) in [5.41, 5.74) is 5.40. The fourth-order valence-corrected chi connectivity index (χ4v) is 5.91. The van der Waals surface area contributed by atoms with Gasteiger partial charge in [-0.3, -0.25) is 10.1 Å². The van der Waals surface area contributed by atoms with Gasteiger partial charge in [-0.25, -0.2) is 4.98 Å². The summed E-state index contributed by atoms with van der Waals surface area (Å²) in [5, 5.41) is 9.52. The molecule has 0 amide bonds. The normalized spacial score (nSPS) is 15.8. The van der Waals surface area contributed by atoms with Crippen LogP contribution in [0.4, 0.5) is 5.69 Å². The zero-order valence-electron chi connectivity index (χ0n) is 21.5. The van der Waals surface area contributed by atoms with E-state index in [1.54, 1.807) is 12.4 Å². The van der Waals surface area contributed by atoms with E-state index in [4.69, 9.17) is 32.9 Å². The summed E-state index contributed by atoms with van der Waals surface area (Å²) in [5.74, 6) is 1.38. The molecular formula is C28H29Cl2N7O. The van der Waals surface area contributed by atoms with Gasteiger partial charge < -0.3 is 19.5 Å². The van der Waals surface area contributed by atoms with Crippen LogP contribution in [0.15, 0.2) is 48.8 Å². The Morgan fingerprint density at radius 2 is 1.82 bits per heavy atom. The second kappa shape index (κ2) is 10.1. The Morgan fingerprint density at radius 1 is 1.05 bits per heavy atom. The molecule has 6 rings (SSSR count). The van der Waals surface area contributed by atoms with Gasteiger partial charge >= 0.3 is 0 Å². The van der Waals surface area contributed by atoms with Crippen molar-refractivity contribution in [1.29, 1.82) is 0 Å². The number of anilines is 1. The summed E-state index contributed by atoms with van der Waals surface area (Å²) in [6.45, 7) is 4.17. The Hall–Kier alpha value is -3.33. The number of halogens is 2. The quantitative estimate of drug-likeness (QED) is 0.252. The first-order chi connectivity index (χ1) is 18.4. The number of aromatic amines is 2. The van der Waals surface area contributed by atoms with Crippen LogP contribution in [0.5, 0.6) is 5.75 Å². The zero-order chi connectivity index (χ0) is 26.4. The van der Waals surface area contributed by atoms with Crippen LogP contribution in [0.1, 0.15) is 31.4 Å². The molecule has 196 valence electrons. The maximum Gasteiger partial charge on any atom is 0.159 e. The van der Waals surface area contributed by atoms with E-state index in [1.807, 2.05) is 25.1 Å². The predicted octanol–water partition coefficient (Wildman–Crippen LogP) is 6.48. The first kappa shape index (κ1) is 25.0. The summed E-state index contributed by atoms with van der Waals surface area (Å²) >= 11 is 12.7. The van der Waals surface area contributed by atoms with Crippen molar-refractivity contribution in [3.8, 4) is 17.3 Å². The Kier molecular flexibility index (Phi) is 6.63. The zero-order valence-corrected chi connectivity index (χ0v) is 23.0. The van der Waals surface area contributed by atoms with Gasteiger partial charge in [-0.2, -0.15) is 5.10 Å². The van der Waals surface area contributed by atoms with Crippen LogP contribution < -0.4 is 9.64 Å². The minimum atomic E-state index is -0.364. The Labute approximate surface area is 230 Å². The molecular weight excluding hydrogens is 521 g/mol. The first-order valence-electron chi connectivity index (χ1n) is 12.7. The molecule has 1 saturated heterocycles. The van der Waals surface area contributed by atoms with Crippen molar-refractivity contribution in [2.45, 2.75) is 31.9 Å². The van der Waals surface area contributed by atoms with Crippen molar-refractivity contribution >= 4 is 50.8 Å². The molecule has 1 unspecified atom stereocenters. The number of hydrogen-bond acceptors (Lipinski definition) is 6. The Balaban J connectivity index is 1.28. The lowest BCUT2D eigenvalue weighted by Crippen LogP contribution is -2.41. The van der Waals surface area contributed by atoms with Crippen LogP contribution in [0, 0.1) is 0 Å². The number of nitrogens with one attached hydrogen (secondary N) is 2. The molecule has 4 heterocycles. The lowest BCUT2D eigenvalue weighted by atomic mass is 10.0. The topological polar surface area (TPSA) is 86.0 Å². The highest BCUT2D eigenvalue weighted by molar-refractivity contribution is 6.35. The third-order valence-electron chi connectivity index (χ3n) is 7.48. The number of benzene rings is 2. The summed E-state index contributed by atoms with van der Waals surface area (Å²) in [7, 11) is 4.37. The van der Waals surface area contributed by atoms with Gasteiger partial charge in [0.15, 0.2) is 5.82 Å². The summed E-state index contributed by atoms with van der Waals surface area (Å²) < 4.78 is 6.22. The number of rotatable bonds is 6. The molecule has 1 atom stereocenters. The molecule has 2 aromatic carbocycles. The molecule has 38 heavy (non-hydrogen) atoms. The fraction of sp³-hybridized carbons (Fsp3) is 0.321. The van der Waals surface area contributed by atoms with Crippen molar-refractivity contribution < 1.29 is 4.74 Å². The molecule has 1 aliphatic heterocycles. The molecule has 10 heteroatoms. The monoisotopic (exact) mass is 549 g/mol. The molecule has 8 nitrogen and oxygen atoms in total. The van der Waals surface area contributed by atoms with Crippen LogP contribution in [0.25, 0.3) is 33.5 Å². The van der Waals surface area contributed by atoms with Gasteiger partial charge in [0.2, 0.25) is 0 Å². The summed E-state index contributed by atoms with van der Waals surface area (Å²) in [4.78, 5) is 17.1. The lowest BCUT2D eigenvalue weighted by molar-refractivity contribution is 0.227. The minimum Gasteiger partial charge on any atom is -0.486 e. The number of ether oxygens (including phenoxy) is 1. The van der Waals surface area contributed by atoms with Crippen LogP contribution in [-0.2, 0) is 0 Å². The van der Waals surface area contributed by atoms with Crippen molar-refractivity contribution in [3.63, 3.8) is 0 Å². The SMILES string of the molecule is CC(Oc1ccc2[nH]nc(-c3nc4ccc(N(C)C5CCN(C)CC5)cc4[nH]3)c2c1)c1c(Cl)cncc1Cl. The molecule has 3 aromatic heterocycles. The molecule has 0 aliphatic carbocycles. The number of pyridine rings is 1. The second-order valence-electron chi connectivity index (χ2n) is 9.99. The van der Waals surface area contributed by atoms with Crippen molar-refractivity contribution in [2.24, 2.45) is 0 Å². The number of likely N-dealkylation sites (tertiary alicyclic amines) is 1. The number of H-pyrrole nitrogens is 2. The predicted molar refractivity (Wildman–Crippen MR) is 153 cm³/mol. The van der Waals surface area contributed by atoms with E-state index >= 15 is 0 Å². The molecule has 5 aromatic rings. The van der Waals surface area contributed by atoms with Crippen LogP contribution in [0.3, 0.4) is 0 Å². The fourth-order valence-electron chi connectivity index (χ4n) is 5.24. The van der Waals surface area contributed by atoms with Crippen molar-refractivity contribution in [3.05, 3.63) is 64.4 Å².